The maximum atomic E-state index is 13.1. The Bertz CT molecular complexity index is 1060. The molecule has 2 atom stereocenters. The van der Waals surface area contributed by atoms with Crippen molar-refractivity contribution in [3.05, 3.63) is 59.7 Å². The predicted molar refractivity (Wildman–Crippen MR) is 121 cm³/mol. The van der Waals surface area contributed by atoms with Crippen molar-refractivity contribution >= 4 is 29.1 Å². The molecule has 3 amide bonds. The summed E-state index contributed by atoms with van der Waals surface area (Å²) in [7, 11) is 0. The lowest BCUT2D eigenvalue weighted by molar-refractivity contribution is -0.123. The molecule has 0 saturated carbocycles. The predicted octanol–water partition coefficient (Wildman–Crippen LogP) is 3.87. The molecule has 2 heterocycles. The highest BCUT2D eigenvalue weighted by molar-refractivity contribution is 6.25. The van der Waals surface area contributed by atoms with Gasteiger partial charge in [0.1, 0.15) is 6.54 Å². The van der Waals surface area contributed by atoms with Gasteiger partial charge in [0, 0.05) is 5.69 Å². The van der Waals surface area contributed by atoms with Gasteiger partial charge in [0.2, 0.25) is 5.91 Å². The molecule has 2 aliphatic rings. The Morgan fingerprint density at radius 3 is 2.03 bits per heavy atom. The van der Waals surface area contributed by atoms with Crippen LogP contribution >= 0.6 is 0 Å². The van der Waals surface area contributed by atoms with Crippen LogP contribution in [0.1, 0.15) is 50.7 Å². The van der Waals surface area contributed by atoms with E-state index < -0.39 is 23.9 Å². The molecule has 2 aromatic rings. The van der Waals surface area contributed by atoms with E-state index in [0.29, 0.717) is 23.2 Å². The van der Waals surface area contributed by atoms with E-state index in [0.717, 1.165) is 10.5 Å². The molecule has 2 aromatic carbocycles. The van der Waals surface area contributed by atoms with Gasteiger partial charge in [0.25, 0.3) is 11.8 Å². The summed E-state index contributed by atoms with van der Waals surface area (Å²) >= 11 is 0. The molecular weight excluding hydrogens is 406 g/mol. The van der Waals surface area contributed by atoms with Crippen LogP contribution in [0, 0.1) is 0 Å². The molecule has 2 aliphatic heterocycles. The maximum absolute atomic E-state index is 13.1. The minimum atomic E-state index is -0.926. The molecule has 8 heteroatoms. The summed E-state index contributed by atoms with van der Waals surface area (Å²) in [5.41, 5.74) is 3.46. The molecule has 0 radical (unpaired) electrons. The second-order valence-corrected chi connectivity index (χ2v) is 8.78. The summed E-state index contributed by atoms with van der Waals surface area (Å²) in [6, 6.07) is 13.1. The Morgan fingerprint density at radius 1 is 0.906 bits per heavy atom. The van der Waals surface area contributed by atoms with Crippen LogP contribution in [0.15, 0.2) is 58.9 Å². The molecule has 0 aliphatic carbocycles. The van der Waals surface area contributed by atoms with Gasteiger partial charge in [0.15, 0.2) is 12.1 Å². The van der Waals surface area contributed by atoms with Gasteiger partial charge in [-0.15, -0.1) is 0 Å². The fourth-order valence-corrected chi connectivity index (χ4v) is 3.92. The summed E-state index contributed by atoms with van der Waals surface area (Å²) in [5.74, 6) is -0.429. The van der Waals surface area contributed by atoms with Gasteiger partial charge in [0.05, 0.1) is 5.69 Å². The van der Waals surface area contributed by atoms with E-state index in [4.69, 9.17) is 0 Å². The van der Waals surface area contributed by atoms with Crippen molar-refractivity contribution in [1.82, 2.24) is 5.01 Å². The van der Waals surface area contributed by atoms with Gasteiger partial charge in [-0.1, -0.05) is 57.2 Å². The molecule has 4 rings (SSSR count). The average molecular weight is 434 g/mol. The zero-order chi connectivity index (χ0) is 23.0. The van der Waals surface area contributed by atoms with Crippen LogP contribution in [0.25, 0.3) is 0 Å². The van der Waals surface area contributed by atoms with Gasteiger partial charge >= 0.3 is 0 Å². The third kappa shape index (κ3) is 4.00. The molecular formula is C24H27N5O3. The third-order valence-electron chi connectivity index (χ3n) is 5.84. The van der Waals surface area contributed by atoms with E-state index in [2.05, 4.69) is 43.3 Å². The van der Waals surface area contributed by atoms with Gasteiger partial charge in [-0.3, -0.25) is 19.4 Å². The molecule has 1 fully saturated rings. The molecule has 0 spiro atoms. The van der Waals surface area contributed by atoms with Crippen molar-refractivity contribution in [2.24, 2.45) is 10.3 Å². The summed E-state index contributed by atoms with van der Waals surface area (Å²) in [4.78, 5) is 39.6. The largest absolute Gasteiger partial charge is 0.324 e. The number of hydrogen-bond donors (Lipinski definition) is 1. The van der Waals surface area contributed by atoms with E-state index in [-0.39, 0.29) is 12.5 Å². The number of fused-ring (bicyclic) bond motifs is 1. The lowest BCUT2D eigenvalue weighted by atomic mass is 10.0. The molecule has 1 saturated heterocycles. The van der Waals surface area contributed by atoms with E-state index in [1.807, 2.05) is 36.4 Å². The number of carbonyl (C=O) groups excluding carboxylic acids is 3. The van der Waals surface area contributed by atoms with Crippen LogP contribution in [-0.4, -0.2) is 41.4 Å². The van der Waals surface area contributed by atoms with Crippen LogP contribution < -0.4 is 10.2 Å². The summed E-state index contributed by atoms with van der Waals surface area (Å²) in [6.07, 6.45) is 0. The molecule has 0 bridgehead atoms. The molecule has 8 nitrogen and oxygen atoms in total. The van der Waals surface area contributed by atoms with Crippen molar-refractivity contribution in [3.63, 3.8) is 0 Å². The number of nitrogens with one attached hydrogen (secondary N) is 1. The highest BCUT2D eigenvalue weighted by Gasteiger charge is 2.55. The van der Waals surface area contributed by atoms with Crippen molar-refractivity contribution in [3.8, 4) is 0 Å². The van der Waals surface area contributed by atoms with Gasteiger partial charge in [-0.25, -0.2) is 4.90 Å². The Kier molecular flexibility index (Phi) is 5.78. The van der Waals surface area contributed by atoms with Crippen LogP contribution in [0.5, 0.6) is 0 Å². The second-order valence-electron chi connectivity index (χ2n) is 8.78. The fourth-order valence-electron chi connectivity index (χ4n) is 3.92. The van der Waals surface area contributed by atoms with Crippen LogP contribution in [-0.2, 0) is 14.4 Å². The van der Waals surface area contributed by atoms with Gasteiger partial charge in [-0.2, -0.15) is 5.11 Å². The van der Waals surface area contributed by atoms with E-state index in [1.165, 1.54) is 10.6 Å². The Morgan fingerprint density at radius 2 is 1.47 bits per heavy atom. The average Bonchev–Trinajstić information content (AvgIpc) is 3.28. The zero-order valence-corrected chi connectivity index (χ0v) is 18.6. The molecule has 1 N–H and O–H groups in total. The highest BCUT2D eigenvalue weighted by Crippen LogP contribution is 2.32. The van der Waals surface area contributed by atoms with E-state index in [1.54, 1.807) is 12.1 Å². The number of nitrogens with zero attached hydrogens (tertiary/aromatic N) is 4. The second kappa shape index (κ2) is 8.53. The standard InChI is InChI=1S/C24H27N5O3/c1-14(2)16-5-9-18(10-6-16)25-20(30)13-28-22-21(26-27-28)23(31)29(24(22)32)19-11-7-17(8-12-19)15(3)4/h5-12,14-15,21-22H,13H2,1-4H3,(H,25,30)/t21-,22+/m1/s1. The lowest BCUT2D eigenvalue weighted by Crippen LogP contribution is -2.43. The quantitative estimate of drug-likeness (QED) is 0.700. The van der Waals surface area contributed by atoms with Crippen LogP contribution in [0.4, 0.5) is 11.4 Å². The monoisotopic (exact) mass is 433 g/mol. The first-order valence-electron chi connectivity index (χ1n) is 10.8. The number of anilines is 2. The Labute approximate surface area is 187 Å². The molecule has 0 aromatic heterocycles. The minimum Gasteiger partial charge on any atom is -0.324 e. The minimum absolute atomic E-state index is 0.171. The highest BCUT2D eigenvalue weighted by atomic mass is 16.2. The molecule has 32 heavy (non-hydrogen) atoms. The van der Waals surface area contributed by atoms with Crippen LogP contribution in [0.3, 0.4) is 0 Å². The fraction of sp³-hybridized carbons (Fsp3) is 0.375. The van der Waals surface area contributed by atoms with Crippen molar-refractivity contribution in [1.29, 1.82) is 0 Å². The van der Waals surface area contributed by atoms with Crippen molar-refractivity contribution in [2.45, 2.75) is 51.6 Å². The van der Waals surface area contributed by atoms with Gasteiger partial charge in [-0.05, 0) is 47.2 Å². The van der Waals surface area contributed by atoms with Crippen LogP contribution in [0.2, 0.25) is 0 Å². The van der Waals surface area contributed by atoms with E-state index in [9.17, 15) is 14.4 Å². The molecule has 166 valence electrons. The summed E-state index contributed by atoms with van der Waals surface area (Å²) < 4.78 is 0. The Balaban J connectivity index is 1.44. The number of imide groups is 1. The maximum Gasteiger partial charge on any atom is 0.263 e. The smallest absolute Gasteiger partial charge is 0.263 e. The van der Waals surface area contributed by atoms with E-state index >= 15 is 0 Å². The SMILES string of the molecule is CC(C)c1ccc(NC(=O)CN2N=N[C@H]3C(=O)N(c4ccc(C(C)C)cc4)C(=O)[C@H]32)cc1. The number of hydrogen-bond acceptors (Lipinski definition) is 6. The normalized spacial score (nSPS) is 19.9. The number of carbonyl (C=O) groups is 3. The number of rotatable bonds is 6. The summed E-state index contributed by atoms with van der Waals surface area (Å²) in [6.45, 7) is 8.19. The summed E-state index contributed by atoms with van der Waals surface area (Å²) in [5, 5.41) is 12.0. The number of amides is 3. The first-order valence-corrected chi connectivity index (χ1v) is 10.8. The van der Waals surface area contributed by atoms with Crippen molar-refractivity contribution in [2.75, 3.05) is 16.8 Å². The first kappa shape index (κ1) is 21.7. The number of benzene rings is 2. The Hall–Kier alpha value is -3.55. The van der Waals surface area contributed by atoms with Crippen molar-refractivity contribution < 1.29 is 14.4 Å². The van der Waals surface area contributed by atoms with Gasteiger partial charge < -0.3 is 5.32 Å². The first-order chi connectivity index (χ1) is 15.3. The topological polar surface area (TPSA) is 94.4 Å². The lowest BCUT2D eigenvalue weighted by Gasteiger charge is -2.20. The third-order valence-corrected chi connectivity index (χ3v) is 5.84. The molecule has 0 unspecified atom stereocenters. The zero-order valence-electron chi connectivity index (χ0n) is 18.6.